The van der Waals surface area contributed by atoms with E-state index in [1.54, 1.807) is 6.92 Å². The third-order valence-corrected chi connectivity index (χ3v) is 2.10. The lowest BCUT2D eigenvalue weighted by Gasteiger charge is -2.15. The van der Waals surface area contributed by atoms with Gasteiger partial charge in [0.15, 0.2) is 0 Å². The van der Waals surface area contributed by atoms with Gasteiger partial charge in [-0.15, -0.1) is 0 Å². The number of aliphatic hydroxyl groups is 1. The molecule has 0 saturated heterocycles. The van der Waals surface area contributed by atoms with E-state index in [1.807, 2.05) is 31.3 Å². The second kappa shape index (κ2) is 4.25. The fourth-order valence-electron chi connectivity index (χ4n) is 1.15. The van der Waals surface area contributed by atoms with Gasteiger partial charge in [-0.3, -0.25) is 0 Å². The summed E-state index contributed by atoms with van der Waals surface area (Å²) in [6.45, 7) is 1.69. The van der Waals surface area contributed by atoms with E-state index in [2.05, 4.69) is 5.32 Å². The van der Waals surface area contributed by atoms with E-state index in [1.165, 1.54) is 0 Å². The van der Waals surface area contributed by atoms with Crippen LogP contribution in [0.2, 0.25) is 0 Å². The maximum absolute atomic E-state index is 9.26. The maximum Gasteiger partial charge on any atom is 0.0704 e. The molecule has 0 aliphatic carbocycles. The molecule has 1 aromatic carbocycles. The van der Waals surface area contributed by atoms with Crippen LogP contribution in [0.3, 0.4) is 0 Å². The smallest absolute Gasteiger partial charge is 0.0704 e. The quantitative estimate of drug-likeness (QED) is 0.653. The summed E-state index contributed by atoms with van der Waals surface area (Å²) in [4.78, 5) is 0. The topological polar surface area (TPSA) is 58.3 Å². The maximum atomic E-state index is 9.26. The van der Waals surface area contributed by atoms with Crippen molar-refractivity contribution >= 4 is 5.69 Å². The third-order valence-electron chi connectivity index (χ3n) is 2.10. The minimum absolute atomic E-state index is 0.300. The van der Waals surface area contributed by atoms with Gasteiger partial charge < -0.3 is 16.2 Å². The van der Waals surface area contributed by atoms with Crippen LogP contribution in [0, 0.1) is 0 Å². The van der Waals surface area contributed by atoms with E-state index >= 15 is 0 Å². The Morgan fingerprint density at radius 3 is 2.23 bits per heavy atom. The van der Waals surface area contributed by atoms with Crippen molar-refractivity contribution in [3.8, 4) is 0 Å². The highest BCUT2D eigenvalue weighted by molar-refractivity contribution is 5.44. The summed E-state index contributed by atoms with van der Waals surface area (Å²) in [5, 5.41) is 12.3. The first kappa shape index (κ1) is 10.0. The van der Waals surface area contributed by atoms with E-state index in [-0.39, 0.29) is 6.04 Å². The Morgan fingerprint density at radius 2 is 1.85 bits per heavy atom. The number of anilines is 1. The van der Waals surface area contributed by atoms with Crippen LogP contribution in [0.4, 0.5) is 5.69 Å². The molecule has 4 N–H and O–H groups in total. The lowest BCUT2D eigenvalue weighted by Crippen LogP contribution is -2.22. The van der Waals surface area contributed by atoms with Crippen molar-refractivity contribution < 1.29 is 5.11 Å². The molecular weight excluding hydrogens is 164 g/mol. The standard InChI is InChI=1S/C10H16N2O/c1-7(13)10(11)8-3-5-9(12-2)6-4-8/h3-7,10,12-13H,11H2,1-2H3/t7-,10+/m1/s1. The van der Waals surface area contributed by atoms with E-state index in [0.717, 1.165) is 11.3 Å². The molecule has 13 heavy (non-hydrogen) atoms. The van der Waals surface area contributed by atoms with Gasteiger partial charge >= 0.3 is 0 Å². The number of nitrogens with two attached hydrogens (primary N) is 1. The molecule has 1 aromatic rings. The number of benzene rings is 1. The lowest BCUT2D eigenvalue weighted by atomic mass is 10.0. The molecule has 0 unspecified atom stereocenters. The Kier molecular flexibility index (Phi) is 3.28. The van der Waals surface area contributed by atoms with Gasteiger partial charge in [0.25, 0.3) is 0 Å². The Morgan fingerprint density at radius 1 is 1.31 bits per heavy atom. The summed E-state index contributed by atoms with van der Waals surface area (Å²) < 4.78 is 0. The SMILES string of the molecule is CNc1ccc([C@@H](N)[C@@H](C)O)cc1. The second-order valence-electron chi connectivity index (χ2n) is 3.14. The van der Waals surface area contributed by atoms with Crippen molar-refractivity contribution in [2.24, 2.45) is 5.73 Å². The molecule has 0 bridgehead atoms. The zero-order chi connectivity index (χ0) is 9.84. The second-order valence-corrected chi connectivity index (χ2v) is 3.14. The highest BCUT2D eigenvalue weighted by atomic mass is 16.3. The predicted molar refractivity (Wildman–Crippen MR) is 54.6 cm³/mol. The molecule has 72 valence electrons. The zero-order valence-electron chi connectivity index (χ0n) is 7.99. The van der Waals surface area contributed by atoms with Gasteiger partial charge in [0.2, 0.25) is 0 Å². The fraction of sp³-hybridized carbons (Fsp3) is 0.400. The van der Waals surface area contributed by atoms with E-state index in [0.29, 0.717) is 0 Å². The number of hydrogen-bond acceptors (Lipinski definition) is 3. The number of nitrogens with one attached hydrogen (secondary N) is 1. The number of rotatable bonds is 3. The van der Waals surface area contributed by atoms with Gasteiger partial charge in [-0.05, 0) is 24.6 Å². The number of hydrogen-bond donors (Lipinski definition) is 3. The van der Waals surface area contributed by atoms with Crippen LogP contribution >= 0.6 is 0 Å². The Hall–Kier alpha value is -1.06. The van der Waals surface area contributed by atoms with Gasteiger partial charge in [0.1, 0.15) is 0 Å². The Balaban J connectivity index is 2.79. The molecule has 0 heterocycles. The van der Waals surface area contributed by atoms with Crippen LogP contribution in [-0.4, -0.2) is 18.3 Å². The first-order chi connectivity index (χ1) is 6.15. The minimum Gasteiger partial charge on any atom is -0.391 e. The monoisotopic (exact) mass is 180 g/mol. The van der Waals surface area contributed by atoms with Crippen molar-refractivity contribution in [1.29, 1.82) is 0 Å². The molecule has 0 fully saturated rings. The highest BCUT2D eigenvalue weighted by Gasteiger charge is 2.10. The van der Waals surface area contributed by atoms with Gasteiger partial charge in [0.05, 0.1) is 12.1 Å². The molecule has 1 rings (SSSR count). The molecule has 3 heteroatoms. The van der Waals surface area contributed by atoms with Crippen molar-refractivity contribution in [3.63, 3.8) is 0 Å². The Bertz CT molecular complexity index is 256. The largest absolute Gasteiger partial charge is 0.391 e. The van der Waals surface area contributed by atoms with Crippen molar-refractivity contribution in [2.75, 3.05) is 12.4 Å². The predicted octanol–water partition coefficient (Wildman–Crippen LogP) is 1.11. The average Bonchev–Trinajstić information content (AvgIpc) is 2.17. The molecular formula is C10H16N2O. The van der Waals surface area contributed by atoms with Crippen LogP contribution in [-0.2, 0) is 0 Å². The Labute approximate surface area is 78.6 Å². The summed E-state index contributed by atoms with van der Waals surface area (Å²) in [6.07, 6.45) is -0.513. The molecule has 0 aromatic heterocycles. The van der Waals surface area contributed by atoms with E-state index < -0.39 is 6.10 Å². The van der Waals surface area contributed by atoms with Crippen LogP contribution in [0.25, 0.3) is 0 Å². The lowest BCUT2D eigenvalue weighted by molar-refractivity contribution is 0.164. The first-order valence-corrected chi connectivity index (χ1v) is 4.36. The van der Waals surface area contributed by atoms with Crippen molar-refractivity contribution in [1.82, 2.24) is 0 Å². The summed E-state index contributed by atoms with van der Waals surface area (Å²) in [6, 6.07) is 7.42. The first-order valence-electron chi connectivity index (χ1n) is 4.36. The van der Waals surface area contributed by atoms with Gasteiger partial charge in [-0.2, -0.15) is 0 Å². The van der Waals surface area contributed by atoms with E-state index in [4.69, 9.17) is 5.73 Å². The molecule has 0 amide bonds. The minimum atomic E-state index is -0.513. The normalized spacial score (nSPS) is 15.1. The summed E-state index contributed by atoms with van der Waals surface area (Å²) in [7, 11) is 1.86. The van der Waals surface area contributed by atoms with Crippen molar-refractivity contribution in [2.45, 2.75) is 19.1 Å². The molecule has 0 spiro atoms. The van der Waals surface area contributed by atoms with Gasteiger partial charge in [0, 0.05) is 12.7 Å². The van der Waals surface area contributed by atoms with Crippen molar-refractivity contribution in [3.05, 3.63) is 29.8 Å². The molecule has 0 aliphatic heterocycles. The molecule has 0 radical (unpaired) electrons. The molecule has 3 nitrogen and oxygen atoms in total. The van der Waals surface area contributed by atoms with Crippen LogP contribution in [0.15, 0.2) is 24.3 Å². The third kappa shape index (κ3) is 2.44. The number of aliphatic hydroxyl groups excluding tert-OH is 1. The van der Waals surface area contributed by atoms with Gasteiger partial charge in [-0.1, -0.05) is 12.1 Å². The highest BCUT2D eigenvalue weighted by Crippen LogP contribution is 2.16. The van der Waals surface area contributed by atoms with Crippen LogP contribution < -0.4 is 11.1 Å². The molecule has 0 saturated carbocycles. The van der Waals surface area contributed by atoms with Crippen LogP contribution in [0.1, 0.15) is 18.5 Å². The molecule has 2 atom stereocenters. The zero-order valence-corrected chi connectivity index (χ0v) is 7.99. The summed E-state index contributed by atoms with van der Waals surface area (Å²) in [5.41, 5.74) is 7.75. The van der Waals surface area contributed by atoms with Gasteiger partial charge in [-0.25, -0.2) is 0 Å². The average molecular weight is 180 g/mol. The van der Waals surface area contributed by atoms with Crippen LogP contribution in [0.5, 0.6) is 0 Å². The fourth-order valence-corrected chi connectivity index (χ4v) is 1.15. The summed E-state index contributed by atoms with van der Waals surface area (Å²) in [5.74, 6) is 0. The summed E-state index contributed by atoms with van der Waals surface area (Å²) >= 11 is 0. The van der Waals surface area contributed by atoms with E-state index in [9.17, 15) is 5.11 Å². The molecule has 0 aliphatic rings.